The number of anilines is 1. The third-order valence-electron chi connectivity index (χ3n) is 3.92. The van der Waals surface area contributed by atoms with Crippen molar-refractivity contribution in [1.82, 2.24) is 4.90 Å². The number of fused-ring (bicyclic) bond motifs is 1. The lowest BCUT2D eigenvalue weighted by Crippen LogP contribution is -2.33. The van der Waals surface area contributed by atoms with Crippen molar-refractivity contribution in [1.29, 1.82) is 0 Å². The first kappa shape index (κ1) is 17.1. The van der Waals surface area contributed by atoms with E-state index in [0.717, 1.165) is 42.8 Å². The Bertz CT molecular complexity index is 461. The van der Waals surface area contributed by atoms with Crippen molar-refractivity contribution < 1.29 is 4.74 Å². The van der Waals surface area contributed by atoms with E-state index in [9.17, 15) is 0 Å². The molecule has 0 saturated heterocycles. The summed E-state index contributed by atoms with van der Waals surface area (Å²) in [4.78, 5) is 2.60. The number of benzene rings is 1. The summed E-state index contributed by atoms with van der Waals surface area (Å²) in [7, 11) is 0. The highest BCUT2D eigenvalue weighted by atomic mass is 16.5. The second-order valence-corrected chi connectivity index (χ2v) is 7.44. The van der Waals surface area contributed by atoms with E-state index in [1.54, 1.807) is 0 Å². The topological polar surface area (TPSA) is 24.5 Å². The molecule has 2 rings (SSSR count). The molecule has 1 unspecified atom stereocenters. The molecular weight excluding hydrogens is 272 g/mol. The van der Waals surface area contributed by atoms with E-state index >= 15 is 0 Å². The molecule has 3 nitrogen and oxygen atoms in total. The average molecular weight is 304 g/mol. The molecule has 3 heteroatoms. The highest BCUT2D eigenvalue weighted by Gasteiger charge is 2.16. The van der Waals surface area contributed by atoms with E-state index in [4.69, 9.17) is 4.74 Å². The van der Waals surface area contributed by atoms with Crippen LogP contribution in [0.2, 0.25) is 0 Å². The molecule has 1 heterocycles. The minimum Gasteiger partial charge on any atom is -0.487 e. The molecule has 0 aliphatic carbocycles. The molecule has 1 atom stereocenters. The van der Waals surface area contributed by atoms with Crippen LogP contribution in [0.5, 0.6) is 5.75 Å². The van der Waals surface area contributed by atoms with Crippen LogP contribution in [0.25, 0.3) is 0 Å². The van der Waals surface area contributed by atoms with Gasteiger partial charge < -0.3 is 15.0 Å². The van der Waals surface area contributed by atoms with E-state index in [2.05, 4.69) is 63.0 Å². The maximum Gasteiger partial charge on any atom is 0.142 e. The summed E-state index contributed by atoms with van der Waals surface area (Å²) >= 11 is 0. The van der Waals surface area contributed by atoms with Gasteiger partial charge in [0.05, 0.1) is 12.2 Å². The molecule has 1 aliphatic heterocycles. The number of ether oxygens (including phenoxy) is 1. The van der Waals surface area contributed by atoms with Crippen molar-refractivity contribution in [2.24, 2.45) is 11.8 Å². The quantitative estimate of drug-likeness (QED) is 0.823. The first-order valence-electron chi connectivity index (χ1n) is 8.70. The second kappa shape index (κ2) is 7.87. The molecule has 1 aliphatic rings. The lowest BCUT2D eigenvalue weighted by molar-refractivity contribution is 0.221. The van der Waals surface area contributed by atoms with Gasteiger partial charge in [-0.2, -0.15) is 0 Å². The Morgan fingerprint density at radius 1 is 1.18 bits per heavy atom. The van der Waals surface area contributed by atoms with Gasteiger partial charge in [0.2, 0.25) is 0 Å². The molecule has 0 bridgehead atoms. The first-order chi connectivity index (χ1) is 10.4. The van der Waals surface area contributed by atoms with Crippen LogP contribution in [0.3, 0.4) is 0 Å². The molecule has 0 spiro atoms. The second-order valence-electron chi connectivity index (χ2n) is 7.44. The smallest absolute Gasteiger partial charge is 0.142 e. The molecule has 124 valence electrons. The van der Waals surface area contributed by atoms with Crippen molar-refractivity contribution in [2.45, 2.75) is 47.1 Å². The van der Waals surface area contributed by atoms with Gasteiger partial charge in [0.15, 0.2) is 0 Å². The minimum absolute atomic E-state index is 0.255. The Balaban J connectivity index is 1.94. The van der Waals surface area contributed by atoms with Crippen molar-refractivity contribution in [2.75, 3.05) is 31.5 Å². The van der Waals surface area contributed by atoms with Crippen LogP contribution in [0.4, 0.5) is 5.69 Å². The third kappa shape index (κ3) is 5.20. The fraction of sp³-hybridized carbons (Fsp3) is 0.684. The minimum atomic E-state index is 0.255. The Hall–Kier alpha value is -1.22. The molecule has 1 N–H and O–H groups in total. The first-order valence-corrected chi connectivity index (χ1v) is 8.70. The van der Waals surface area contributed by atoms with Crippen LogP contribution >= 0.6 is 0 Å². The lowest BCUT2D eigenvalue weighted by atomic mass is 10.1. The van der Waals surface area contributed by atoms with E-state index in [0.29, 0.717) is 0 Å². The maximum absolute atomic E-state index is 5.84. The van der Waals surface area contributed by atoms with Gasteiger partial charge in [-0.15, -0.1) is 0 Å². The molecule has 0 saturated carbocycles. The van der Waals surface area contributed by atoms with Gasteiger partial charge >= 0.3 is 0 Å². The van der Waals surface area contributed by atoms with Crippen LogP contribution in [-0.4, -0.2) is 37.2 Å². The molecule has 1 aromatic rings. The van der Waals surface area contributed by atoms with Crippen molar-refractivity contribution in [3.63, 3.8) is 0 Å². The Labute approximate surface area is 136 Å². The highest BCUT2D eigenvalue weighted by Crippen LogP contribution is 2.30. The van der Waals surface area contributed by atoms with Gasteiger partial charge in [-0.1, -0.05) is 33.8 Å². The van der Waals surface area contributed by atoms with Gasteiger partial charge in [0, 0.05) is 19.6 Å². The number of nitrogens with one attached hydrogen (secondary N) is 1. The zero-order chi connectivity index (χ0) is 16.1. The van der Waals surface area contributed by atoms with Gasteiger partial charge in [-0.05, 0) is 42.9 Å². The summed E-state index contributed by atoms with van der Waals surface area (Å²) in [6.07, 6.45) is 1.36. The molecule has 1 aromatic carbocycles. The van der Waals surface area contributed by atoms with Crippen molar-refractivity contribution in [3.8, 4) is 5.75 Å². The number of hydrogen-bond donors (Lipinski definition) is 1. The van der Waals surface area contributed by atoms with E-state index in [1.165, 1.54) is 18.7 Å². The fourth-order valence-electron chi connectivity index (χ4n) is 3.06. The van der Waals surface area contributed by atoms with Gasteiger partial charge in [0.25, 0.3) is 0 Å². The Morgan fingerprint density at radius 2 is 1.86 bits per heavy atom. The fourth-order valence-corrected chi connectivity index (χ4v) is 3.06. The van der Waals surface area contributed by atoms with Crippen LogP contribution < -0.4 is 10.1 Å². The van der Waals surface area contributed by atoms with Crippen LogP contribution in [0, 0.1) is 11.8 Å². The zero-order valence-corrected chi connectivity index (χ0v) is 14.9. The predicted molar refractivity (Wildman–Crippen MR) is 94.8 cm³/mol. The number of hydrogen-bond acceptors (Lipinski definition) is 3. The van der Waals surface area contributed by atoms with Gasteiger partial charge in [0.1, 0.15) is 11.9 Å². The van der Waals surface area contributed by atoms with Crippen LogP contribution in [-0.2, 0) is 6.42 Å². The Kier molecular flexibility index (Phi) is 6.13. The average Bonchev–Trinajstić information content (AvgIpc) is 2.43. The Morgan fingerprint density at radius 3 is 2.50 bits per heavy atom. The van der Waals surface area contributed by atoms with Crippen molar-refractivity contribution in [3.05, 3.63) is 23.8 Å². The largest absolute Gasteiger partial charge is 0.487 e. The summed E-state index contributed by atoms with van der Waals surface area (Å²) in [6, 6.07) is 6.58. The van der Waals surface area contributed by atoms with Crippen molar-refractivity contribution >= 4 is 5.69 Å². The van der Waals surface area contributed by atoms with Gasteiger partial charge in [-0.25, -0.2) is 0 Å². The molecule has 0 fully saturated rings. The molecule has 22 heavy (non-hydrogen) atoms. The number of nitrogens with zero attached hydrogens (tertiary/aromatic N) is 1. The summed E-state index contributed by atoms with van der Waals surface area (Å²) in [6.45, 7) is 15.7. The summed E-state index contributed by atoms with van der Waals surface area (Å²) in [5.74, 6) is 2.43. The van der Waals surface area contributed by atoms with E-state index in [-0.39, 0.29) is 6.10 Å². The monoisotopic (exact) mass is 304 g/mol. The third-order valence-corrected chi connectivity index (χ3v) is 3.92. The summed E-state index contributed by atoms with van der Waals surface area (Å²) in [5, 5.41) is 3.47. The molecule has 0 radical (unpaired) electrons. The SMILES string of the molecule is CC(C)CN(CCc1ccc2c(c1)NCC(C)O2)CC(C)C. The summed E-state index contributed by atoms with van der Waals surface area (Å²) in [5.41, 5.74) is 2.54. The van der Waals surface area contributed by atoms with E-state index in [1.807, 2.05) is 0 Å². The molecule has 0 amide bonds. The van der Waals surface area contributed by atoms with Gasteiger partial charge in [-0.3, -0.25) is 0 Å². The zero-order valence-electron chi connectivity index (χ0n) is 14.9. The molecular formula is C19H32N2O. The molecule has 0 aromatic heterocycles. The predicted octanol–water partition coefficient (Wildman–Crippen LogP) is 4.04. The normalized spacial score (nSPS) is 17.5. The van der Waals surface area contributed by atoms with Crippen LogP contribution in [0.1, 0.15) is 40.2 Å². The van der Waals surface area contributed by atoms with E-state index < -0.39 is 0 Å². The number of rotatable bonds is 7. The van der Waals surface area contributed by atoms with Crippen LogP contribution in [0.15, 0.2) is 18.2 Å². The maximum atomic E-state index is 5.84. The lowest BCUT2D eigenvalue weighted by Gasteiger charge is -2.27. The standard InChI is InChI=1S/C19H32N2O/c1-14(2)12-21(13-15(3)4)9-8-17-6-7-19-18(10-17)20-11-16(5)22-19/h6-7,10,14-16,20H,8-9,11-13H2,1-5H3. The summed E-state index contributed by atoms with van der Waals surface area (Å²) < 4.78 is 5.84. The highest BCUT2D eigenvalue weighted by molar-refractivity contribution is 5.59.